The highest BCUT2D eigenvalue weighted by molar-refractivity contribution is 7.92. The molecule has 2 aromatic rings. The Morgan fingerprint density at radius 3 is 2.10 bits per heavy atom. The fourth-order valence-electron chi connectivity index (χ4n) is 3.01. The van der Waals surface area contributed by atoms with Crippen LogP contribution in [0.4, 0.5) is 18.9 Å². The molecule has 0 spiro atoms. The lowest BCUT2D eigenvalue weighted by molar-refractivity contribution is -0.274. The number of halogens is 3. The Morgan fingerprint density at radius 1 is 0.867 bits per heavy atom. The molecule has 0 aliphatic carbocycles. The van der Waals surface area contributed by atoms with Crippen LogP contribution in [0.2, 0.25) is 0 Å². The summed E-state index contributed by atoms with van der Waals surface area (Å²) in [7, 11) is -7.91. The van der Waals surface area contributed by atoms with Gasteiger partial charge in [-0.1, -0.05) is 12.5 Å². The number of rotatable bonds is 6. The molecule has 12 heteroatoms. The second-order valence-corrected chi connectivity index (χ2v) is 10.2. The van der Waals surface area contributed by atoms with Gasteiger partial charge in [-0.3, -0.25) is 4.72 Å². The second kappa shape index (κ2) is 8.44. The van der Waals surface area contributed by atoms with E-state index in [0.717, 1.165) is 43.5 Å². The van der Waals surface area contributed by atoms with Crippen molar-refractivity contribution < 1.29 is 34.7 Å². The SMILES string of the molecule is O=S(=O)(Nc1cccc(S(=O)(=O)N2CCCCC2)c1)c1ccc(OC(F)(F)F)cc1. The number of nitrogens with zero attached hydrogens (tertiary/aromatic N) is 1. The Morgan fingerprint density at radius 2 is 1.50 bits per heavy atom. The van der Waals surface area contributed by atoms with Crippen molar-refractivity contribution in [3.05, 3.63) is 48.5 Å². The summed E-state index contributed by atoms with van der Waals surface area (Å²) in [6.07, 6.45) is -2.41. The molecule has 3 rings (SSSR count). The summed E-state index contributed by atoms with van der Waals surface area (Å²) in [5.41, 5.74) is 0.0173. The fourth-order valence-corrected chi connectivity index (χ4v) is 5.62. The van der Waals surface area contributed by atoms with Crippen molar-refractivity contribution in [2.24, 2.45) is 0 Å². The Kier molecular flexibility index (Phi) is 6.29. The van der Waals surface area contributed by atoms with E-state index in [1.54, 1.807) is 0 Å². The third kappa shape index (κ3) is 5.43. The smallest absolute Gasteiger partial charge is 0.406 e. The van der Waals surface area contributed by atoms with E-state index in [1.807, 2.05) is 0 Å². The quantitative estimate of drug-likeness (QED) is 0.706. The van der Waals surface area contributed by atoms with Crippen molar-refractivity contribution in [1.82, 2.24) is 4.31 Å². The number of nitrogens with one attached hydrogen (secondary N) is 1. The minimum atomic E-state index is -4.89. The molecule has 0 atom stereocenters. The van der Waals surface area contributed by atoms with Crippen LogP contribution in [0.3, 0.4) is 0 Å². The molecule has 30 heavy (non-hydrogen) atoms. The zero-order valence-corrected chi connectivity index (χ0v) is 17.2. The summed E-state index contributed by atoms with van der Waals surface area (Å²) in [6, 6.07) is 9.05. The van der Waals surface area contributed by atoms with E-state index < -0.39 is 32.2 Å². The minimum absolute atomic E-state index is 0.0173. The number of alkyl halides is 3. The lowest BCUT2D eigenvalue weighted by Crippen LogP contribution is -2.35. The van der Waals surface area contributed by atoms with Gasteiger partial charge in [0, 0.05) is 13.1 Å². The Hall–Kier alpha value is -2.31. The second-order valence-electron chi connectivity index (χ2n) is 6.62. The standard InChI is InChI=1S/C18H19F3N2O5S2/c19-18(20,21)28-15-7-9-16(10-8-15)29(24,25)22-14-5-4-6-17(13-14)30(26,27)23-11-2-1-3-12-23/h4-10,13,22H,1-3,11-12H2. The van der Waals surface area contributed by atoms with Crippen LogP contribution in [0.1, 0.15) is 19.3 Å². The van der Waals surface area contributed by atoms with Gasteiger partial charge in [0.05, 0.1) is 15.5 Å². The predicted octanol–water partition coefficient (Wildman–Crippen LogP) is 3.56. The van der Waals surface area contributed by atoms with Crippen LogP contribution in [0.15, 0.2) is 58.3 Å². The maximum Gasteiger partial charge on any atom is 0.573 e. The number of ether oxygens (including phenoxy) is 1. The number of hydrogen-bond donors (Lipinski definition) is 1. The molecule has 1 saturated heterocycles. The molecule has 1 heterocycles. The molecule has 0 saturated carbocycles. The van der Waals surface area contributed by atoms with Crippen LogP contribution in [0.5, 0.6) is 5.75 Å². The molecule has 2 aromatic carbocycles. The summed E-state index contributed by atoms with van der Waals surface area (Å²) in [5, 5.41) is 0. The molecule has 7 nitrogen and oxygen atoms in total. The number of benzene rings is 2. The van der Waals surface area contributed by atoms with Crippen molar-refractivity contribution >= 4 is 25.7 Å². The topological polar surface area (TPSA) is 92.8 Å². The molecule has 0 radical (unpaired) electrons. The molecule has 1 aliphatic rings. The van der Waals surface area contributed by atoms with Crippen molar-refractivity contribution in [2.75, 3.05) is 17.8 Å². The van der Waals surface area contributed by atoms with E-state index in [9.17, 15) is 30.0 Å². The number of anilines is 1. The Bertz CT molecular complexity index is 1100. The number of piperidine rings is 1. The summed E-state index contributed by atoms with van der Waals surface area (Å²) in [5.74, 6) is -0.559. The van der Waals surface area contributed by atoms with Crippen LogP contribution in [0.25, 0.3) is 0 Å². The van der Waals surface area contributed by atoms with Crippen molar-refractivity contribution in [2.45, 2.75) is 35.4 Å². The average Bonchev–Trinajstić information content (AvgIpc) is 2.68. The molecule has 1 N–H and O–H groups in total. The first-order valence-electron chi connectivity index (χ1n) is 8.96. The van der Waals surface area contributed by atoms with Crippen LogP contribution < -0.4 is 9.46 Å². The molecule has 0 amide bonds. The van der Waals surface area contributed by atoms with Crippen LogP contribution in [-0.2, 0) is 20.0 Å². The van der Waals surface area contributed by atoms with Crippen molar-refractivity contribution in [3.8, 4) is 5.75 Å². The minimum Gasteiger partial charge on any atom is -0.406 e. The van der Waals surface area contributed by atoms with Crippen molar-refractivity contribution in [3.63, 3.8) is 0 Å². The number of hydrogen-bond acceptors (Lipinski definition) is 5. The van der Waals surface area contributed by atoms with Gasteiger partial charge in [0.2, 0.25) is 10.0 Å². The molecular formula is C18H19F3N2O5S2. The normalized spacial score (nSPS) is 16.2. The molecule has 1 aliphatic heterocycles. The highest BCUT2D eigenvalue weighted by Gasteiger charge is 2.31. The maximum atomic E-state index is 12.8. The average molecular weight is 464 g/mol. The first kappa shape index (κ1) is 22.4. The first-order valence-corrected chi connectivity index (χ1v) is 11.9. The summed E-state index contributed by atoms with van der Waals surface area (Å²) in [4.78, 5) is -0.347. The molecule has 0 unspecified atom stereocenters. The van der Waals surface area contributed by atoms with E-state index in [4.69, 9.17) is 0 Å². The third-order valence-corrected chi connectivity index (χ3v) is 7.70. The zero-order chi connectivity index (χ0) is 22.0. The van der Waals surface area contributed by atoms with Gasteiger partial charge in [0.15, 0.2) is 0 Å². The van der Waals surface area contributed by atoms with E-state index in [2.05, 4.69) is 9.46 Å². The van der Waals surface area contributed by atoms with Crippen molar-refractivity contribution in [1.29, 1.82) is 0 Å². The van der Waals surface area contributed by atoms with E-state index in [1.165, 1.54) is 28.6 Å². The van der Waals surface area contributed by atoms with Gasteiger partial charge in [0.1, 0.15) is 5.75 Å². The maximum absolute atomic E-state index is 12.8. The molecular weight excluding hydrogens is 445 g/mol. The Labute approximate surface area is 172 Å². The van der Waals surface area contributed by atoms with Crippen LogP contribution >= 0.6 is 0 Å². The van der Waals surface area contributed by atoms with E-state index in [-0.39, 0.29) is 15.5 Å². The van der Waals surface area contributed by atoms with Gasteiger partial charge >= 0.3 is 6.36 Å². The van der Waals surface area contributed by atoms with Gasteiger partial charge in [0.25, 0.3) is 10.0 Å². The van der Waals surface area contributed by atoms with E-state index in [0.29, 0.717) is 13.1 Å². The molecule has 0 aromatic heterocycles. The fraction of sp³-hybridized carbons (Fsp3) is 0.333. The lowest BCUT2D eigenvalue weighted by Gasteiger charge is -2.26. The summed E-state index contributed by atoms with van der Waals surface area (Å²) in [6.45, 7) is 0.815. The first-order chi connectivity index (χ1) is 14.0. The number of sulfonamides is 2. The largest absolute Gasteiger partial charge is 0.573 e. The summed E-state index contributed by atoms with van der Waals surface area (Å²) >= 11 is 0. The van der Waals surface area contributed by atoms with Gasteiger partial charge in [-0.25, -0.2) is 16.8 Å². The summed E-state index contributed by atoms with van der Waals surface area (Å²) < 4.78 is 94.6. The van der Waals surface area contributed by atoms with Gasteiger partial charge in [-0.05, 0) is 55.3 Å². The van der Waals surface area contributed by atoms with Crippen LogP contribution in [0, 0.1) is 0 Å². The van der Waals surface area contributed by atoms with E-state index >= 15 is 0 Å². The third-order valence-electron chi connectivity index (χ3n) is 4.41. The van der Waals surface area contributed by atoms with Gasteiger partial charge in [-0.2, -0.15) is 4.31 Å². The molecule has 0 bridgehead atoms. The molecule has 1 fully saturated rings. The molecule has 164 valence electrons. The lowest BCUT2D eigenvalue weighted by atomic mass is 10.2. The Balaban J connectivity index is 1.79. The highest BCUT2D eigenvalue weighted by Crippen LogP contribution is 2.26. The highest BCUT2D eigenvalue weighted by atomic mass is 32.2. The van der Waals surface area contributed by atoms with Gasteiger partial charge < -0.3 is 4.74 Å². The zero-order valence-electron chi connectivity index (χ0n) is 15.6. The monoisotopic (exact) mass is 464 g/mol. The van der Waals surface area contributed by atoms with Crippen LogP contribution in [-0.4, -0.2) is 40.6 Å². The van der Waals surface area contributed by atoms with Gasteiger partial charge in [-0.15, -0.1) is 13.2 Å². The predicted molar refractivity (Wildman–Crippen MR) is 103 cm³/mol.